The average Bonchev–Trinajstić information content (AvgIpc) is 2.56. The number of piperazine rings is 1. The third kappa shape index (κ3) is 3.30. The topological polar surface area (TPSA) is 45.7 Å². The van der Waals surface area contributed by atoms with E-state index in [4.69, 9.17) is 16.3 Å². The lowest BCUT2D eigenvalue weighted by molar-refractivity contribution is -0.138. The smallest absolute Gasteiger partial charge is 0.225 e. The van der Waals surface area contributed by atoms with E-state index < -0.39 is 0 Å². The van der Waals surface area contributed by atoms with Gasteiger partial charge in [0, 0.05) is 51.5 Å². The van der Waals surface area contributed by atoms with Crippen LogP contribution in [0.25, 0.3) is 0 Å². The van der Waals surface area contributed by atoms with Crippen molar-refractivity contribution >= 4 is 23.3 Å². The van der Waals surface area contributed by atoms with Gasteiger partial charge in [-0.2, -0.15) is 0 Å². The van der Waals surface area contributed by atoms with Crippen molar-refractivity contribution in [3.63, 3.8) is 0 Å². The van der Waals surface area contributed by atoms with Crippen LogP contribution >= 0.6 is 11.6 Å². The summed E-state index contributed by atoms with van der Waals surface area (Å²) in [6.45, 7) is 4.46. The van der Waals surface area contributed by atoms with Gasteiger partial charge in [0.1, 0.15) is 5.82 Å². The zero-order valence-corrected chi connectivity index (χ0v) is 12.8. The zero-order valence-electron chi connectivity index (χ0n) is 12.0. The zero-order chi connectivity index (χ0) is 14.7. The average molecular weight is 310 g/mol. The Labute approximate surface area is 129 Å². The number of hydrogen-bond donors (Lipinski definition) is 0. The van der Waals surface area contributed by atoms with Gasteiger partial charge in [-0.15, -0.1) is 0 Å². The minimum Gasteiger partial charge on any atom is -0.381 e. The molecule has 1 amide bonds. The molecule has 0 N–H and O–H groups in total. The van der Waals surface area contributed by atoms with E-state index in [1.54, 1.807) is 6.20 Å². The Morgan fingerprint density at radius 3 is 2.62 bits per heavy atom. The molecular weight excluding hydrogens is 290 g/mol. The number of hydrogen-bond acceptors (Lipinski definition) is 4. The highest BCUT2D eigenvalue weighted by atomic mass is 35.5. The molecule has 21 heavy (non-hydrogen) atoms. The predicted octanol–water partition coefficient (Wildman–Crippen LogP) is 1.81. The van der Waals surface area contributed by atoms with Crippen LogP contribution in [0.2, 0.25) is 5.02 Å². The van der Waals surface area contributed by atoms with Crippen molar-refractivity contribution in [2.45, 2.75) is 12.8 Å². The molecule has 0 aromatic carbocycles. The minimum atomic E-state index is 0.142. The molecule has 3 heterocycles. The van der Waals surface area contributed by atoms with Crippen LogP contribution in [0.15, 0.2) is 18.3 Å². The summed E-state index contributed by atoms with van der Waals surface area (Å²) < 4.78 is 5.32. The van der Waals surface area contributed by atoms with Gasteiger partial charge in [0.25, 0.3) is 0 Å². The molecule has 0 aliphatic carbocycles. The van der Waals surface area contributed by atoms with E-state index >= 15 is 0 Å². The Balaban J connectivity index is 1.57. The van der Waals surface area contributed by atoms with Gasteiger partial charge in [0.05, 0.1) is 5.02 Å². The Morgan fingerprint density at radius 2 is 1.95 bits per heavy atom. The third-order valence-electron chi connectivity index (χ3n) is 4.20. The second-order valence-electron chi connectivity index (χ2n) is 5.51. The molecule has 0 unspecified atom stereocenters. The van der Waals surface area contributed by atoms with E-state index in [0.717, 1.165) is 44.8 Å². The molecule has 1 aromatic rings. The SMILES string of the molecule is O=C(C1CCOCC1)N1CCN(c2ncccc2Cl)CC1. The van der Waals surface area contributed by atoms with Gasteiger partial charge in [-0.05, 0) is 25.0 Å². The third-order valence-corrected chi connectivity index (χ3v) is 4.50. The summed E-state index contributed by atoms with van der Waals surface area (Å²) in [6, 6.07) is 3.68. The Kier molecular flexibility index (Phi) is 4.60. The molecule has 2 saturated heterocycles. The first kappa shape index (κ1) is 14.6. The summed E-state index contributed by atoms with van der Waals surface area (Å²) in [5.41, 5.74) is 0. The summed E-state index contributed by atoms with van der Waals surface area (Å²) in [5.74, 6) is 1.24. The van der Waals surface area contributed by atoms with Crippen molar-refractivity contribution in [2.75, 3.05) is 44.3 Å². The standard InChI is InChI=1S/C15H20ClN3O2/c16-13-2-1-5-17-14(13)18-6-8-19(9-7-18)15(20)12-3-10-21-11-4-12/h1-2,5,12H,3-4,6-11H2. The molecule has 0 saturated carbocycles. The lowest BCUT2D eigenvalue weighted by Gasteiger charge is -2.37. The molecule has 0 radical (unpaired) electrons. The summed E-state index contributed by atoms with van der Waals surface area (Å²) in [6.07, 6.45) is 3.46. The summed E-state index contributed by atoms with van der Waals surface area (Å²) >= 11 is 6.18. The van der Waals surface area contributed by atoms with Crippen LogP contribution in [-0.4, -0.2) is 55.2 Å². The quantitative estimate of drug-likeness (QED) is 0.836. The van der Waals surface area contributed by atoms with Crippen LogP contribution in [0.3, 0.4) is 0 Å². The number of pyridine rings is 1. The molecule has 1 aromatic heterocycles. The summed E-state index contributed by atoms with van der Waals surface area (Å²) in [5, 5.41) is 0.668. The fourth-order valence-corrected chi connectivity index (χ4v) is 3.19. The number of rotatable bonds is 2. The maximum absolute atomic E-state index is 12.5. The number of carbonyl (C=O) groups is 1. The lowest BCUT2D eigenvalue weighted by Crippen LogP contribution is -2.51. The van der Waals surface area contributed by atoms with Crippen molar-refractivity contribution in [1.29, 1.82) is 0 Å². The molecule has 0 spiro atoms. The highest BCUT2D eigenvalue weighted by molar-refractivity contribution is 6.32. The molecule has 3 rings (SSSR count). The van der Waals surface area contributed by atoms with Crippen LogP contribution < -0.4 is 4.90 Å². The maximum Gasteiger partial charge on any atom is 0.225 e. The Morgan fingerprint density at radius 1 is 1.24 bits per heavy atom. The number of ether oxygens (including phenoxy) is 1. The number of aromatic nitrogens is 1. The van der Waals surface area contributed by atoms with Crippen LogP contribution in [0.5, 0.6) is 0 Å². The molecule has 6 heteroatoms. The van der Waals surface area contributed by atoms with Crippen molar-refractivity contribution in [1.82, 2.24) is 9.88 Å². The Hall–Kier alpha value is -1.33. The van der Waals surface area contributed by atoms with Gasteiger partial charge in [-0.1, -0.05) is 11.6 Å². The molecule has 2 aliphatic rings. The molecule has 0 atom stereocenters. The van der Waals surface area contributed by atoms with E-state index in [0.29, 0.717) is 18.2 Å². The van der Waals surface area contributed by atoms with Crippen LogP contribution in [0.1, 0.15) is 12.8 Å². The fourth-order valence-electron chi connectivity index (χ4n) is 2.95. The number of nitrogens with zero attached hydrogens (tertiary/aromatic N) is 3. The van der Waals surface area contributed by atoms with E-state index in [-0.39, 0.29) is 11.8 Å². The van der Waals surface area contributed by atoms with E-state index in [2.05, 4.69) is 9.88 Å². The van der Waals surface area contributed by atoms with E-state index in [9.17, 15) is 4.79 Å². The van der Waals surface area contributed by atoms with Crippen LogP contribution in [0.4, 0.5) is 5.82 Å². The van der Waals surface area contributed by atoms with Crippen molar-refractivity contribution < 1.29 is 9.53 Å². The van der Waals surface area contributed by atoms with E-state index in [1.807, 2.05) is 17.0 Å². The first-order valence-electron chi connectivity index (χ1n) is 7.47. The number of halogens is 1. The monoisotopic (exact) mass is 309 g/mol. The van der Waals surface area contributed by atoms with Crippen molar-refractivity contribution in [3.8, 4) is 0 Å². The second-order valence-corrected chi connectivity index (χ2v) is 5.92. The Bertz CT molecular complexity index is 497. The van der Waals surface area contributed by atoms with Crippen molar-refractivity contribution in [2.24, 2.45) is 5.92 Å². The largest absolute Gasteiger partial charge is 0.381 e. The van der Waals surface area contributed by atoms with Crippen molar-refractivity contribution in [3.05, 3.63) is 23.4 Å². The molecule has 2 aliphatic heterocycles. The first-order chi connectivity index (χ1) is 10.3. The van der Waals surface area contributed by atoms with Gasteiger partial charge in [-0.25, -0.2) is 4.98 Å². The molecular formula is C15H20ClN3O2. The minimum absolute atomic E-state index is 0.142. The predicted molar refractivity (Wildman–Crippen MR) is 81.6 cm³/mol. The number of amides is 1. The van der Waals surface area contributed by atoms with Gasteiger partial charge in [-0.3, -0.25) is 4.79 Å². The number of anilines is 1. The highest BCUT2D eigenvalue weighted by Crippen LogP contribution is 2.24. The fraction of sp³-hybridized carbons (Fsp3) is 0.600. The van der Waals surface area contributed by atoms with Gasteiger partial charge in [0.15, 0.2) is 0 Å². The van der Waals surface area contributed by atoms with Gasteiger partial charge < -0.3 is 14.5 Å². The molecule has 2 fully saturated rings. The molecule has 5 nitrogen and oxygen atoms in total. The first-order valence-corrected chi connectivity index (χ1v) is 7.85. The lowest BCUT2D eigenvalue weighted by atomic mass is 9.98. The second kappa shape index (κ2) is 6.62. The van der Waals surface area contributed by atoms with Gasteiger partial charge >= 0.3 is 0 Å². The van der Waals surface area contributed by atoms with Crippen LogP contribution in [-0.2, 0) is 9.53 Å². The van der Waals surface area contributed by atoms with E-state index in [1.165, 1.54) is 0 Å². The number of carbonyl (C=O) groups excluding carboxylic acids is 1. The molecule has 0 bridgehead atoms. The highest BCUT2D eigenvalue weighted by Gasteiger charge is 2.29. The normalized spacial score (nSPS) is 20.6. The summed E-state index contributed by atoms with van der Waals surface area (Å²) in [7, 11) is 0. The molecule has 114 valence electrons. The maximum atomic E-state index is 12.5. The summed E-state index contributed by atoms with van der Waals surface area (Å²) in [4.78, 5) is 20.9. The van der Waals surface area contributed by atoms with Crippen LogP contribution in [0, 0.1) is 5.92 Å². The van der Waals surface area contributed by atoms with Gasteiger partial charge in [0.2, 0.25) is 5.91 Å².